The number of carbonyl (C=O) groups is 2. The first-order valence-electron chi connectivity index (χ1n) is 5.96. The lowest BCUT2D eigenvalue weighted by atomic mass is 10.00. The highest BCUT2D eigenvalue weighted by atomic mass is 79.9. The molecule has 1 aliphatic heterocycles. The number of carboxylic acid groups (broad SMARTS) is 1. The van der Waals surface area contributed by atoms with Gasteiger partial charge in [0.2, 0.25) is 0 Å². The molecule has 1 aromatic rings. The predicted octanol–water partition coefficient (Wildman–Crippen LogP) is 2.66. The summed E-state index contributed by atoms with van der Waals surface area (Å²) in [6, 6.07) is 3.53. The molecule has 1 unspecified atom stereocenters. The lowest BCUT2D eigenvalue weighted by molar-refractivity contribution is -0.147. The van der Waals surface area contributed by atoms with Gasteiger partial charge in [-0.2, -0.15) is 0 Å². The number of carbonyl (C=O) groups excluding carboxylic acids is 1. The first-order valence-corrected chi connectivity index (χ1v) is 7.57. The molecule has 1 aromatic heterocycles. The van der Waals surface area contributed by atoms with Gasteiger partial charge in [-0.1, -0.05) is 0 Å². The quantitative estimate of drug-likeness (QED) is 0.883. The SMILES string of the molecule is CC1(C(=O)O)CCCN1C(=O)NCc1ccc(Br)s1. The Kier molecular flexibility index (Phi) is 4.15. The van der Waals surface area contributed by atoms with Crippen LogP contribution in [0.25, 0.3) is 0 Å². The summed E-state index contributed by atoms with van der Waals surface area (Å²) in [7, 11) is 0. The first-order chi connectivity index (χ1) is 8.93. The summed E-state index contributed by atoms with van der Waals surface area (Å²) in [5, 5.41) is 12.0. The van der Waals surface area contributed by atoms with Gasteiger partial charge in [-0.3, -0.25) is 0 Å². The number of rotatable bonds is 3. The fourth-order valence-corrected chi connectivity index (χ4v) is 3.64. The summed E-state index contributed by atoms with van der Waals surface area (Å²) in [6.45, 7) is 2.51. The van der Waals surface area contributed by atoms with E-state index in [2.05, 4.69) is 21.2 Å². The Morgan fingerprint density at radius 2 is 2.32 bits per heavy atom. The van der Waals surface area contributed by atoms with Gasteiger partial charge >= 0.3 is 12.0 Å². The second-order valence-corrected chi connectivity index (χ2v) is 7.25. The molecule has 0 aliphatic carbocycles. The van der Waals surface area contributed by atoms with E-state index < -0.39 is 11.5 Å². The summed E-state index contributed by atoms with van der Waals surface area (Å²) in [5.41, 5.74) is -1.08. The highest BCUT2D eigenvalue weighted by Crippen LogP contribution is 2.29. The van der Waals surface area contributed by atoms with Crippen LogP contribution in [0.4, 0.5) is 4.79 Å². The van der Waals surface area contributed by atoms with Crippen molar-refractivity contribution in [1.29, 1.82) is 0 Å². The first kappa shape index (κ1) is 14.3. The molecule has 2 rings (SSSR count). The average molecular weight is 347 g/mol. The third-order valence-electron chi connectivity index (χ3n) is 3.39. The van der Waals surface area contributed by atoms with E-state index in [0.717, 1.165) is 15.1 Å². The standard InChI is InChI=1S/C12H15BrN2O3S/c1-12(10(16)17)5-2-6-15(12)11(18)14-7-8-3-4-9(13)19-8/h3-4H,2,5-7H2,1H3,(H,14,18)(H,16,17). The van der Waals surface area contributed by atoms with Gasteiger partial charge in [-0.15, -0.1) is 11.3 Å². The molecule has 0 saturated carbocycles. The molecule has 2 N–H and O–H groups in total. The molecule has 5 nitrogen and oxygen atoms in total. The van der Waals surface area contributed by atoms with Crippen LogP contribution in [0.3, 0.4) is 0 Å². The molecule has 1 atom stereocenters. The molecule has 104 valence electrons. The molecule has 0 bridgehead atoms. The van der Waals surface area contributed by atoms with Crippen molar-refractivity contribution in [3.8, 4) is 0 Å². The van der Waals surface area contributed by atoms with Gasteiger partial charge in [0.25, 0.3) is 0 Å². The number of nitrogens with one attached hydrogen (secondary N) is 1. The molecule has 1 saturated heterocycles. The fraction of sp³-hybridized carbons (Fsp3) is 0.500. The largest absolute Gasteiger partial charge is 0.480 e. The summed E-state index contributed by atoms with van der Waals surface area (Å²) in [4.78, 5) is 25.8. The molecule has 1 fully saturated rings. The van der Waals surface area contributed by atoms with Gasteiger partial charge in [0.05, 0.1) is 10.3 Å². The summed E-state index contributed by atoms with van der Waals surface area (Å²) < 4.78 is 1.01. The zero-order chi connectivity index (χ0) is 14.0. The average Bonchev–Trinajstić information content (AvgIpc) is 2.93. The normalized spacial score (nSPS) is 22.5. The Labute approximate surface area is 123 Å². The molecule has 1 aliphatic rings. The Morgan fingerprint density at radius 3 is 2.89 bits per heavy atom. The van der Waals surface area contributed by atoms with E-state index in [9.17, 15) is 14.7 Å². The van der Waals surface area contributed by atoms with Gasteiger partial charge in [0, 0.05) is 11.4 Å². The molecule has 19 heavy (non-hydrogen) atoms. The number of amides is 2. The molecular weight excluding hydrogens is 332 g/mol. The maximum atomic E-state index is 12.1. The van der Waals surface area contributed by atoms with Crippen molar-refractivity contribution >= 4 is 39.3 Å². The van der Waals surface area contributed by atoms with Gasteiger partial charge in [0.15, 0.2) is 0 Å². The number of aliphatic carboxylic acids is 1. The number of likely N-dealkylation sites (tertiary alicyclic amines) is 1. The smallest absolute Gasteiger partial charge is 0.329 e. The molecular formula is C12H15BrN2O3S. The maximum absolute atomic E-state index is 12.1. The number of nitrogens with zero attached hydrogens (tertiary/aromatic N) is 1. The van der Waals surface area contributed by atoms with Crippen molar-refractivity contribution in [3.63, 3.8) is 0 Å². The minimum atomic E-state index is -1.08. The lowest BCUT2D eigenvalue weighted by Gasteiger charge is -2.31. The van der Waals surface area contributed by atoms with Crippen LogP contribution in [0.1, 0.15) is 24.6 Å². The molecule has 2 heterocycles. The Balaban J connectivity index is 1.98. The van der Waals surface area contributed by atoms with Crippen LogP contribution in [-0.4, -0.2) is 34.1 Å². The minimum absolute atomic E-state index is 0.313. The van der Waals surface area contributed by atoms with Crippen molar-refractivity contribution in [2.75, 3.05) is 6.54 Å². The molecule has 0 spiro atoms. The Bertz CT molecular complexity index is 505. The van der Waals surface area contributed by atoms with Crippen LogP contribution in [0.5, 0.6) is 0 Å². The third-order valence-corrected chi connectivity index (χ3v) is 5.01. The van der Waals surface area contributed by atoms with Crippen LogP contribution < -0.4 is 5.32 Å². The third kappa shape index (κ3) is 2.92. The van der Waals surface area contributed by atoms with Crippen LogP contribution >= 0.6 is 27.3 Å². The second-order valence-electron chi connectivity index (χ2n) is 4.70. The highest BCUT2D eigenvalue weighted by molar-refractivity contribution is 9.11. The van der Waals surface area contributed by atoms with Crippen molar-refractivity contribution in [3.05, 3.63) is 20.8 Å². The van der Waals surface area contributed by atoms with E-state index in [1.54, 1.807) is 18.3 Å². The number of hydrogen-bond acceptors (Lipinski definition) is 3. The number of carboxylic acids is 1. The molecule has 0 aromatic carbocycles. The van der Waals surface area contributed by atoms with Gasteiger partial charge in [0.1, 0.15) is 5.54 Å². The number of urea groups is 1. The number of thiophene rings is 1. The van der Waals surface area contributed by atoms with E-state index in [4.69, 9.17) is 0 Å². The van der Waals surface area contributed by atoms with E-state index in [-0.39, 0.29) is 6.03 Å². The maximum Gasteiger partial charge on any atom is 0.329 e. The minimum Gasteiger partial charge on any atom is -0.480 e. The number of hydrogen-bond donors (Lipinski definition) is 2. The van der Waals surface area contributed by atoms with Crippen LogP contribution in [0.2, 0.25) is 0 Å². The van der Waals surface area contributed by atoms with E-state index in [1.165, 1.54) is 4.90 Å². The zero-order valence-corrected chi connectivity index (χ0v) is 12.9. The van der Waals surface area contributed by atoms with Crippen molar-refractivity contribution in [2.24, 2.45) is 0 Å². The van der Waals surface area contributed by atoms with Gasteiger partial charge < -0.3 is 15.3 Å². The predicted molar refractivity (Wildman–Crippen MR) is 76.2 cm³/mol. The van der Waals surface area contributed by atoms with Gasteiger partial charge in [-0.25, -0.2) is 9.59 Å². The second kappa shape index (κ2) is 5.50. The van der Waals surface area contributed by atoms with E-state index in [0.29, 0.717) is 19.5 Å². The summed E-state index contributed by atoms with van der Waals surface area (Å²) in [5.74, 6) is -0.945. The summed E-state index contributed by atoms with van der Waals surface area (Å²) in [6.07, 6.45) is 1.22. The fourth-order valence-electron chi connectivity index (χ4n) is 2.22. The zero-order valence-electron chi connectivity index (χ0n) is 10.5. The van der Waals surface area contributed by atoms with E-state index >= 15 is 0 Å². The lowest BCUT2D eigenvalue weighted by Crippen LogP contribution is -2.53. The van der Waals surface area contributed by atoms with Crippen LogP contribution in [0, 0.1) is 0 Å². The highest BCUT2D eigenvalue weighted by Gasteiger charge is 2.45. The molecule has 7 heteroatoms. The Morgan fingerprint density at radius 1 is 1.58 bits per heavy atom. The van der Waals surface area contributed by atoms with Crippen molar-refractivity contribution in [1.82, 2.24) is 10.2 Å². The molecule has 0 radical (unpaired) electrons. The van der Waals surface area contributed by atoms with E-state index in [1.807, 2.05) is 12.1 Å². The van der Waals surface area contributed by atoms with Crippen molar-refractivity contribution in [2.45, 2.75) is 31.8 Å². The van der Waals surface area contributed by atoms with Crippen LogP contribution in [-0.2, 0) is 11.3 Å². The van der Waals surface area contributed by atoms with Crippen LogP contribution in [0.15, 0.2) is 15.9 Å². The summed E-state index contributed by atoms with van der Waals surface area (Å²) >= 11 is 4.91. The van der Waals surface area contributed by atoms with Crippen molar-refractivity contribution < 1.29 is 14.7 Å². The molecule has 2 amide bonds. The monoisotopic (exact) mass is 346 g/mol. The topological polar surface area (TPSA) is 69.6 Å². The number of halogens is 1. The Hall–Kier alpha value is -1.08. The van der Waals surface area contributed by atoms with Gasteiger partial charge in [-0.05, 0) is 47.8 Å².